The lowest BCUT2D eigenvalue weighted by Gasteiger charge is -2.26. The van der Waals surface area contributed by atoms with Gasteiger partial charge in [0.05, 0.1) is 0 Å². The van der Waals surface area contributed by atoms with Gasteiger partial charge >= 0.3 is 0 Å². The van der Waals surface area contributed by atoms with Crippen LogP contribution in [0.4, 0.5) is 9.52 Å². The summed E-state index contributed by atoms with van der Waals surface area (Å²) < 4.78 is 12.9. The first-order valence-electron chi connectivity index (χ1n) is 7.83. The molecule has 0 spiro atoms. The van der Waals surface area contributed by atoms with Crippen LogP contribution in [0.3, 0.4) is 0 Å². The van der Waals surface area contributed by atoms with Gasteiger partial charge in [0.2, 0.25) is 5.13 Å². The average Bonchev–Trinajstić information content (AvgIpc) is 2.98. The van der Waals surface area contributed by atoms with E-state index >= 15 is 0 Å². The summed E-state index contributed by atoms with van der Waals surface area (Å²) in [4.78, 5) is 2.50. The highest BCUT2D eigenvalue weighted by molar-refractivity contribution is 7.15. The zero-order chi connectivity index (χ0) is 15.2. The number of nitrogens with zero attached hydrogens (tertiary/aromatic N) is 3. The molecule has 1 fully saturated rings. The first-order valence-corrected chi connectivity index (χ1v) is 8.64. The fourth-order valence-corrected chi connectivity index (χ4v) is 3.48. The fraction of sp³-hybridized carbons (Fsp3) is 0.500. The number of hydrogen-bond donors (Lipinski definition) is 1. The van der Waals surface area contributed by atoms with Crippen molar-refractivity contribution in [2.24, 2.45) is 0 Å². The number of likely N-dealkylation sites (tertiary alicyclic amines) is 1. The predicted octanol–water partition coefficient (Wildman–Crippen LogP) is 3.17. The number of rotatable bonds is 6. The molecule has 1 saturated heterocycles. The summed E-state index contributed by atoms with van der Waals surface area (Å²) in [6, 6.07) is 6.54. The SMILES string of the molecule is Fc1ccc(Cc2nnc(NCCN3CCCCC3)s2)cc1. The summed E-state index contributed by atoms with van der Waals surface area (Å²) in [7, 11) is 0. The number of halogens is 1. The summed E-state index contributed by atoms with van der Waals surface area (Å²) in [6.45, 7) is 4.40. The number of anilines is 1. The highest BCUT2D eigenvalue weighted by Crippen LogP contribution is 2.18. The Kier molecular flexibility index (Phi) is 5.34. The molecule has 4 nitrogen and oxygen atoms in total. The fourth-order valence-electron chi connectivity index (χ4n) is 2.68. The molecule has 0 radical (unpaired) electrons. The van der Waals surface area contributed by atoms with E-state index in [-0.39, 0.29) is 5.82 Å². The van der Waals surface area contributed by atoms with Crippen LogP contribution in [0.2, 0.25) is 0 Å². The van der Waals surface area contributed by atoms with Crippen molar-refractivity contribution in [1.29, 1.82) is 0 Å². The van der Waals surface area contributed by atoms with Gasteiger partial charge in [-0.25, -0.2) is 4.39 Å². The summed E-state index contributed by atoms with van der Waals surface area (Å²) in [5.74, 6) is -0.207. The molecule has 22 heavy (non-hydrogen) atoms. The number of piperidine rings is 1. The van der Waals surface area contributed by atoms with Crippen LogP contribution < -0.4 is 5.32 Å². The van der Waals surface area contributed by atoms with Gasteiger partial charge in [0, 0.05) is 19.5 Å². The quantitative estimate of drug-likeness (QED) is 0.887. The normalized spacial score (nSPS) is 15.9. The second kappa shape index (κ2) is 7.65. The zero-order valence-electron chi connectivity index (χ0n) is 12.6. The molecule has 1 aliphatic heterocycles. The van der Waals surface area contributed by atoms with E-state index in [2.05, 4.69) is 20.4 Å². The Morgan fingerprint density at radius 3 is 2.64 bits per heavy atom. The van der Waals surface area contributed by atoms with E-state index in [4.69, 9.17) is 0 Å². The Bertz CT molecular complexity index is 578. The molecular formula is C16H21FN4S. The molecular weight excluding hydrogens is 299 g/mol. The van der Waals surface area contributed by atoms with Gasteiger partial charge in [-0.15, -0.1) is 10.2 Å². The van der Waals surface area contributed by atoms with Gasteiger partial charge < -0.3 is 10.2 Å². The van der Waals surface area contributed by atoms with E-state index in [0.29, 0.717) is 6.42 Å². The van der Waals surface area contributed by atoms with Crippen molar-refractivity contribution in [1.82, 2.24) is 15.1 Å². The molecule has 1 N–H and O–H groups in total. The minimum atomic E-state index is -0.207. The van der Waals surface area contributed by atoms with Gasteiger partial charge in [-0.3, -0.25) is 0 Å². The van der Waals surface area contributed by atoms with Crippen LogP contribution in [-0.2, 0) is 6.42 Å². The maximum atomic E-state index is 12.9. The maximum Gasteiger partial charge on any atom is 0.205 e. The molecule has 1 aliphatic rings. The van der Waals surface area contributed by atoms with Gasteiger partial charge in [0.1, 0.15) is 10.8 Å². The van der Waals surface area contributed by atoms with Crippen LogP contribution in [0.1, 0.15) is 29.8 Å². The molecule has 3 rings (SSSR count). The highest BCUT2D eigenvalue weighted by Gasteiger charge is 2.10. The third-order valence-electron chi connectivity index (χ3n) is 3.89. The lowest BCUT2D eigenvalue weighted by molar-refractivity contribution is 0.237. The molecule has 0 unspecified atom stereocenters. The lowest BCUT2D eigenvalue weighted by Crippen LogP contribution is -2.33. The minimum absolute atomic E-state index is 0.207. The predicted molar refractivity (Wildman–Crippen MR) is 87.9 cm³/mol. The van der Waals surface area contributed by atoms with E-state index < -0.39 is 0 Å². The molecule has 118 valence electrons. The summed E-state index contributed by atoms with van der Waals surface area (Å²) >= 11 is 1.57. The van der Waals surface area contributed by atoms with Crippen molar-refractivity contribution in [3.8, 4) is 0 Å². The van der Waals surface area contributed by atoms with E-state index in [0.717, 1.165) is 28.8 Å². The Balaban J connectivity index is 1.45. The molecule has 0 saturated carbocycles. The van der Waals surface area contributed by atoms with E-state index in [1.165, 1.54) is 44.5 Å². The topological polar surface area (TPSA) is 41.1 Å². The second-order valence-electron chi connectivity index (χ2n) is 5.63. The van der Waals surface area contributed by atoms with Gasteiger partial charge in [-0.1, -0.05) is 29.9 Å². The molecule has 2 heterocycles. The Morgan fingerprint density at radius 2 is 1.86 bits per heavy atom. The molecule has 0 atom stereocenters. The van der Waals surface area contributed by atoms with Gasteiger partial charge in [0.15, 0.2) is 0 Å². The lowest BCUT2D eigenvalue weighted by atomic mass is 10.1. The molecule has 6 heteroatoms. The molecule has 2 aromatic rings. The van der Waals surface area contributed by atoms with Crippen LogP contribution >= 0.6 is 11.3 Å². The molecule has 1 aromatic carbocycles. The number of nitrogens with one attached hydrogen (secondary N) is 1. The zero-order valence-corrected chi connectivity index (χ0v) is 13.4. The average molecular weight is 320 g/mol. The Labute approximate surface area is 134 Å². The van der Waals surface area contributed by atoms with Gasteiger partial charge in [0.25, 0.3) is 0 Å². The van der Waals surface area contributed by atoms with Crippen molar-refractivity contribution < 1.29 is 4.39 Å². The van der Waals surface area contributed by atoms with E-state index in [9.17, 15) is 4.39 Å². The Hall–Kier alpha value is -1.53. The monoisotopic (exact) mass is 320 g/mol. The largest absolute Gasteiger partial charge is 0.359 e. The van der Waals surface area contributed by atoms with Crippen molar-refractivity contribution in [3.05, 3.63) is 40.7 Å². The van der Waals surface area contributed by atoms with Crippen LogP contribution in [0.5, 0.6) is 0 Å². The first kappa shape index (κ1) is 15.4. The summed E-state index contributed by atoms with van der Waals surface area (Å²) in [6.07, 6.45) is 4.71. The molecule has 0 amide bonds. The number of aromatic nitrogens is 2. The highest BCUT2D eigenvalue weighted by atomic mass is 32.1. The van der Waals surface area contributed by atoms with Crippen molar-refractivity contribution in [2.45, 2.75) is 25.7 Å². The maximum absolute atomic E-state index is 12.9. The third kappa shape index (κ3) is 4.48. The molecule has 0 bridgehead atoms. The smallest absolute Gasteiger partial charge is 0.205 e. The van der Waals surface area contributed by atoms with Gasteiger partial charge in [-0.05, 0) is 43.6 Å². The second-order valence-corrected chi connectivity index (χ2v) is 6.70. The third-order valence-corrected chi connectivity index (χ3v) is 4.77. The molecule has 0 aliphatic carbocycles. The summed E-state index contributed by atoms with van der Waals surface area (Å²) in [5, 5.41) is 13.5. The minimum Gasteiger partial charge on any atom is -0.359 e. The van der Waals surface area contributed by atoms with Gasteiger partial charge in [-0.2, -0.15) is 0 Å². The Morgan fingerprint density at radius 1 is 1.09 bits per heavy atom. The van der Waals surface area contributed by atoms with E-state index in [1.807, 2.05) is 0 Å². The standard InChI is InChI=1S/C16H21FN4S/c17-14-6-4-13(5-7-14)12-15-19-20-16(22-15)18-8-11-21-9-2-1-3-10-21/h4-7H,1-3,8-12H2,(H,18,20). The van der Waals surface area contributed by atoms with E-state index in [1.54, 1.807) is 23.5 Å². The van der Waals surface area contributed by atoms with Crippen molar-refractivity contribution >= 4 is 16.5 Å². The van der Waals surface area contributed by atoms with Crippen LogP contribution in [0.15, 0.2) is 24.3 Å². The van der Waals surface area contributed by atoms with Crippen LogP contribution in [-0.4, -0.2) is 41.3 Å². The molecule has 1 aromatic heterocycles. The number of hydrogen-bond acceptors (Lipinski definition) is 5. The van der Waals surface area contributed by atoms with Crippen LogP contribution in [0, 0.1) is 5.82 Å². The number of benzene rings is 1. The summed E-state index contributed by atoms with van der Waals surface area (Å²) in [5.41, 5.74) is 1.05. The van der Waals surface area contributed by atoms with Crippen molar-refractivity contribution in [2.75, 3.05) is 31.5 Å². The van der Waals surface area contributed by atoms with Crippen molar-refractivity contribution in [3.63, 3.8) is 0 Å². The van der Waals surface area contributed by atoms with Crippen LogP contribution in [0.25, 0.3) is 0 Å². The first-order chi connectivity index (χ1) is 10.8.